The van der Waals surface area contributed by atoms with Gasteiger partial charge in [0.2, 0.25) is 0 Å². The zero-order chi connectivity index (χ0) is 21.5. The lowest BCUT2D eigenvalue weighted by molar-refractivity contribution is 0.245. The third-order valence-electron chi connectivity index (χ3n) is 6.77. The smallest absolute Gasteiger partial charge is 0.170 e. The third kappa shape index (κ3) is 3.53. The van der Waals surface area contributed by atoms with E-state index in [1.54, 1.807) is 0 Å². The van der Waals surface area contributed by atoms with Gasteiger partial charge in [0.25, 0.3) is 0 Å². The molecule has 0 radical (unpaired) electrons. The van der Waals surface area contributed by atoms with Crippen LogP contribution in [0.5, 0.6) is 0 Å². The summed E-state index contributed by atoms with van der Waals surface area (Å²) in [6, 6.07) is 13.3. The Morgan fingerprint density at radius 1 is 1.00 bits per heavy atom. The van der Waals surface area contributed by atoms with Crippen molar-refractivity contribution in [3.63, 3.8) is 0 Å². The number of aromatic nitrogens is 3. The molecule has 1 aliphatic carbocycles. The van der Waals surface area contributed by atoms with Gasteiger partial charge in [0, 0.05) is 29.8 Å². The minimum Gasteiger partial charge on any atom is -0.352 e. The quantitative estimate of drug-likeness (QED) is 0.582. The maximum Gasteiger partial charge on any atom is 0.170 e. The van der Waals surface area contributed by atoms with Crippen molar-refractivity contribution in [3.05, 3.63) is 77.0 Å². The van der Waals surface area contributed by atoms with Gasteiger partial charge in [-0.25, -0.2) is 4.98 Å². The largest absolute Gasteiger partial charge is 0.352 e. The summed E-state index contributed by atoms with van der Waals surface area (Å²) < 4.78 is 2.27. The fraction of sp³-hybridized carbons (Fsp3) is 0.400. The topological polar surface area (TPSA) is 46.0 Å². The summed E-state index contributed by atoms with van der Waals surface area (Å²) >= 11 is 5.89. The number of hydrogen-bond donors (Lipinski definition) is 1. The van der Waals surface area contributed by atoms with Gasteiger partial charge in [0.1, 0.15) is 5.82 Å². The van der Waals surface area contributed by atoms with E-state index in [4.69, 9.17) is 17.2 Å². The Morgan fingerprint density at radius 3 is 2.52 bits per heavy atom. The molecule has 3 aromatic heterocycles. The van der Waals surface area contributed by atoms with Crippen molar-refractivity contribution in [3.8, 4) is 5.82 Å². The summed E-state index contributed by atoms with van der Waals surface area (Å²) in [7, 11) is 0. The van der Waals surface area contributed by atoms with Crippen LogP contribution in [0.25, 0.3) is 5.82 Å². The summed E-state index contributed by atoms with van der Waals surface area (Å²) in [6.45, 7) is 6.48. The number of rotatable bonds is 4. The molecule has 4 heterocycles. The van der Waals surface area contributed by atoms with E-state index < -0.39 is 0 Å². The van der Waals surface area contributed by atoms with Crippen LogP contribution in [0.3, 0.4) is 0 Å². The van der Waals surface area contributed by atoms with Crippen molar-refractivity contribution in [2.75, 3.05) is 0 Å². The van der Waals surface area contributed by atoms with E-state index in [9.17, 15) is 0 Å². The van der Waals surface area contributed by atoms with E-state index >= 15 is 0 Å². The first kappa shape index (κ1) is 20.2. The standard InChI is InChI=1S/C25H29N5S/c1-16-11-13-27-22(14-16)29-17(2)15-20(18(29)3)24-23(21-10-6-7-12-26-21)28-25(31)30(24)19-8-4-5-9-19/h6-7,10-15,19,23-24H,4-5,8-9H2,1-3H3,(H,28,31)/t23-,24-/m1/s1. The van der Waals surface area contributed by atoms with E-state index in [0.29, 0.717) is 6.04 Å². The van der Waals surface area contributed by atoms with Crippen LogP contribution < -0.4 is 5.32 Å². The normalized spacial score (nSPS) is 21.6. The first-order chi connectivity index (χ1) is 15.0. The predicted molar refractivity (Wildman–Crippen MR) is 127 cm³/mol. The molecule has 0 aromatic carbocycles. The molecule has 1 aliphatic heterocycles. The fourth-order valence-corrected chi connectivity index (χ4v) is 5.75. The van der Waals surface area contributed by atoms with Crippen LogP contribution in [0.1, 0.15) is 66.0 Å². The highest BCUT2D eigenvalue weighted by molar-refractivity contribution is 7.80. The van der Waals surface area contributed by atoms with Crippen LogP contribution in [-0.2, 0) is 0 Å². The average Bonchev–Trinajstić information content (AvgIpc) is 3.46. The molecular formula is C25H29N5S. The third-order valence-corrected chi connectivity index (χ3v) is 7.10. The van der Waals surface area contributed by atoms with Gasteiger partial charge in [-0.1, -0.05) is 18.9 Å². The molecule has 5 rings (SSSR count). The van der Waals surface area contributed by atoms with E-state index in [1.807, 2.05) is 24.5 Å². The Hall–Kier alpha value is -2.73. The average molecular weight is 432 g/mol. The Balaban J connectivity index is 1.64. The number of aryl methyl sites for hydroxylation is 2. The van der Waals surface area contributed by atoms with Crippen molar-refractivity contribution in [2.45, 2.75) is 64.6 Å². The highest BCUT2D eigenvalue weighted by atomic mass is 32.1. The molecule has 1 saturated carbocycles. The monoisotopic (exact) mass is 431 g/mol. The lowest BCUT2D eigenvalue weighted by Gasteiger charge is -2.33. The van der Waals surface area contributed by atoms with Gasteiger partial charge >= 0.3 is 0 Å². The summed E-state index contributed by atoms with van der Waals surface area (Å²) in [5.41, 5.74) is 5.96. The predicted octanol–water partition coefficient (Wildman–Crippen LogP) is 5.11. The maximum atomic E-state index is 5.89. The first-order valence-corrected chi connectivity index (χ1v) is 11.6. The molecule has 6 heteroatoms. The van der Waals surface area contributed by atoms with Crippen LogP contribution in [0.2, 0.25) is 0 Å². The zero-order valence-electron chi connectivity index (χ0n) is 18.4. The van der Waals surface area contributed by atoms with Crippen molar-refractivity contribution in [1.82, 2.24) is 24.8 Å². The van der Waals surface area contributed by atoms with Crippen LogP contribution in [0.15, 0.2) is 48.8 Å². The van der Waals surface area contributed by atoms with Gasteiger partial charge < -0.3 is 14.8 Å². The fourth-order valence-electron chi connectivity index (χ4n) is 5.36. The van der Waals surface area contributed by atoms with Gasteiger partial charge in [-0.2, -0.15) is 0 Å². The van der Waals surface area contributed by atoms with Gasteiger partial charge in [0.05, 0.1) is 17.8 Å². The number of hydrogen-bond acceptors (Lipinski definition) is 3. The Morgan fingerprint density at radius 2 is 1.81 bits per heavy atom. The van der Waals surface area contributed by atoms with E-state index in [0.717, 1.165) is 16.6 Å². The minimum absolute atomic E-state index is 0.0359. The van der Waals surface area contributed by atoms with Crippen molar-refractivity contribution in [1.29, 1.82) is 0 Å². The van der Waals surface area contributed by atoms with Crippen LogP contribution in [0.4, 0.5) is 0 Å². The molecule has 5 nitrogen and oxygen atoms in total. The second-order valence-corrected chi connectivity index (χ2v) is 9.21. The number of nitrogens with zero attached hydrogens (tertiary/aromatic N) is 4. The highest BCUT2D eigenvalue weighted by Gasteiger charge is 2.44. The van der Waals surface area contributed by atoms with Gasteiger partial charge in [-0.3, -0.25) is 4.98 Å². The lowest BCUT2D eigenvalue weighted by atomic mass is 9.95. The van der Waals surface area contributed by atoms with Gasteiger partial charge in [0.15, 0.2) is 5.11 Å². The second kappa shape index (κ2) is 8.08. The summed E-state index contributed by atoms with van der Waals surface area (Å²) in [6.07, 6.45) is 8.71. The molecule has 0 bridgehead atoms. The van der Waals surface area contributed by atoms with Crippen LogP contribution in [-0.4, -0.2) is 30.6 Å². The molecule has 0 unspecified atom stereocenters. The molecule has 31 heavy (non-hydrogen) atoms. The maximum absolute atomic E-state index is 5.89. The molecule has 160 valence electrons. The number of pyridine rings is 2. The summed E-state index contributed by atoms with van der Waals surface area (Å²) in [5.74, 6) is 0.969. The molecular weight excluding hydrogens is 402 g/mol. The first-order valence-electron chi connectivity index (χ1n) is 11.2. The second-order valence-electron chi connectivity index (χ2n) is 8.83. The van der Waals surface area contributed by atoms with Crippen molar-refractivity contribution in [2.24, 2.45) is 0 Å². The van der Waals surface area contributed by atoms with Crippen molar-refractivity contribution >= 4 is 17.3 Å². The summed E-state index contributed by atoms with van der Waals surface area (Å²) in [4.78, 5) is 11.8. The van der Waals surface area contributed by atoms with E-state index in [2.05, 4.69) is 64.8 Å². The van der Waals surface area contributed by atoms with Crippen molar-refractivity contribution < 1.29 is 0 Å². The minimum atomic E-state index is 0.0359. The van der Waals surface area contributed by atoms with Gasteiger partial charge in [-0.05, 0) is 87.3 Å². The lowest BCUT2D eigenvalue weighted by Crippen LogP contribution is -2.37. The molecule has 1 N–H and O–H groups in total. The molecule has 1 saturated heterocycles. The Kier molecular flexibility index (Phi) is 5.26. The van der Waals surface area contributed by atoms with Crippen LogP contribution >= 0.6 is 12.2 Å². The molecule has 2 atom stereocenters. The molecule has 0 spiro atoms. The number of thiocarbonyl (C=S) groups is 1. The zero-order valence-corrected chi connectivity index (χ0v) is 19.2. The Bertz CT molecular complexity index is 1100. The van der Waals surface area contributed by atoms with E-state index in [1.165, 1.54) is 48.2 Å². The molecule has 3 aromatic rings. The summed E-state index contributed by atoms with van der Waals surface area (Å²) in [5, 5.41) is 4.47. The molecule has 2 fully saturated rings. The van der Waals surface area contributed by atoms with E-state index in [-0.39, 0.29) is 12.1 Å². The molecule has 2 aliphatic rings. The SMILES string of the molecule is Cc1ccnc(-n2c(C)cc([C@@H]3[C@@H](c4ccccn4)NC(=S)N3C3CCCC3)c2C)c1. The Labute approximate surface area is 189 Å². The molecule has 0 amide bonds. The number of nitrogens with one attached hydrogen (secondary N) is 1. The highest BCUT2D eigenvalue weighted by Crippen LogP contribution is 2.44. The van der Waals surface area contributed by atoms with Crippen LogP contribution in [0, 0.1) is 20.8 Å². The van der Waals surface area contributed by atoms with Gasteiger partial charge in [-0.15, -0.1) is 0 Å².